The van der Waals surface area contributed by atoms with Crippen molar-refractivity contribution in [2.75, 3.05) is 37.0 Å². The van der Waals surface area contributed by atoms with Crippen LogP contribution in [0.25, 0.3) is 0 Å². The molecule has 2 fully saturated rings. The van der Waals surface area contributed by atoms with Crippen molar-refractivity contribution >= 4 is 11.6 Å². The van der Waals surface area contributed by atoms with E-state index in [2.05, 4.69) is 15.2 Å². The van der Waals surface area contributed by atoms with Gasteiger partial charge in [0.2, 0.25) is 0 Å². The van der Waals surface area contributed by atoms with Crippen LogP contribution >= 0.6 is 0 Å². The highest BCUT2D eigenvalue weighted by molar-refractivity contribution is 5.50. The number of rotatable bonds is 5. The molecule has 1 saturated carbocycles. The minimum atomic E-state index is 0.363. The first-order chi connectivity index (χ1) is 10.3. The van der Waals surface area contributed by atoms with E-state index >= 15 is 0 Å². The Morgan fingerprint density at radius 1 is 1.43 bits per heavy atom. The van der Waals surface area contributed by atoms with Gasteiger partial charge in [-0.25, -0.2) is 9.97 Å². The van der Waals surface area contributed by atoms with Crippen molar-refractivity contribution in [2.24, 2.45) is 0 Å². The van der Waals surface area contributed by atoms with Crippen LogP contribution < -0.4 is 10.2 Å². The Morgan fingerprint density at radius 2 is 2.33 bits per heavy atom. The van der Waals surface area contributed by atoms with E-state index in [-0.39, 0.29) is 0 Å². The van der Waals surface area contributed by atoms with Gasteiger partial charge in [-0.15, -0.1) is 0 Å². The summed E-state index contributed by atoms with van der Waals surface area (Å²) in [5.74, 6) is 2.57. The molecule has 1 N–H and O–H groups in total. The molecular formula is C15H24N4O2. The van der Waals surface area contributed by atoms with Crippen LogP contribution in [0, 0.1) is 0 Å². The van der Waals surface area contributed by atoms with Crippen molar-refractivity contribution in [3.8, 4) is 0 Å². The molecule has 2 unspecified atom stereocenters. The lowest BCUT2D eigenvalue weighted by atomic mass is 10.1. The summed E-state index contributed by atoms with van der Waals surface area (Å²) in [4.78, 5) is 11.5. The molecular weight excluding hydrogens is 268 g/mol. The van der Waals surface area contributed by atoms with Crippen LogP contribution in [0.15, 0.2) is 6.07 Å². The SMILES string of the molecule is CCOCc1nc(NC)cc(N2CCOC3CCCC32)n1. The maximum Gasteiger partial charge on any atom is 0.158 e. The fraction of sp³-hybridized carbons (Fsp3) is 0.733. The first kappa shape index (κ1) is 14.5. The highest BCUT2D eigenvalue weighted by Crippen LogP contribution is 2.32. The van der Waals surface area contributed by atoms with Crippen molar-refractivity contribution in [2.45, 2.75) is 44.9 Å². The quantitative estimate of drug-likeness (QED) is 0.893. The van der Waals surface area contributed by atoms with Crippen molar-refractivity contribution in [1.82, 2.24) is 9.97 Å². The molecule has 0 bridgehead atoms. The topological polar surface area (TPSA) is 59.5 Å². The zero-order chi connectivity index (χ0) is 14.7. The number of anilines is 2. The van der Waals surface area contributed by atoms with E-state index in [1.807, 2.05) is 20.0 Å². The van der Waals surface area contributed by atoms with E-state index < -0.39 is 0 Å². The molecule has 1 aromatic rings. The molecule has 0 amide bonds. The maximum atomic E-state index is 5.88. The molecule has 2 heterocycles. The fourth-order valence-electron chi connectivity index (χ4n) is 3.23. The normalized spacial score (nSPS) is 25.0. The molecule has 116 valence electrons. The Kier molecular flexibility index (Phi) is 4.55. The molecule has 2 aliphatic rings. The van der Waals surface area contributed by atoms with Gasteiger partial charge in [-0.05, 0) is 26.2 Å². The summed E-state index contributed by atoms with van der Waals surface area (Å²) in [5, 5.41) is 3.12. The summed E-state index contributed by atoms with van der Waals surface area (Å²) < 4.78 is 11.3. The molecule has 1 saturated heterocycles. The second-order valence-electron chi connectivity index (χ2n) is 5.52. The summed E-state index contributed by atoms with van der Waals surface area (Å²) in [6, 6.07) is 2.48. The Bertz CT molecular complexity index is 483. The number of nitrogens with zero attached hydrogens (tertiary/aromatic N) is 3. The van der Waals surface area contributed by atoms with E-state index in [4.69, 9.17) is 14.5 Å². The van der Waals surface area contributed by atoms with Gasteiger partial charge in [-0.3, -0.25) is 0 Å². The molecule has 6 nitrogen and oxygen atoms in total. The van der Waals surface area contributed by atoms with Crippen LogP contribution in [-0.4, -0.2) is 48.9 Å². The minimum Gasteiger partial charge on any atom is -0.374 e. The average molecular weight is 292 g/mol. The van der Waals surface area contributed by atoms with Gasteiger partial charge in [0, 0.05) is 26.3 Å². The summed E-state index contributed by atoms with van der Waals surface area (Å²) in [6.07, 6.45) is 3.95. The summed E-state index contributed by atoms with van der Waals surface area (Å²) >= 11 is 0. The second kappa shape index (κ2) is 6.58. The van der Waals surface area contributed by atoms with Gasteiger partial charge in [-0.2, -0.15) is 0 Å². The smallest absolute Gasteiger partial charge is 0.158 e. The van der Waals surface area contributed by atoms with Crippen molar-refractivity contribution in [3.05, 3.63) is 11.9 Å². The average Bonchev–Trinajstić information content (AvgIpc) is 3.01. The lowest BCUT2D eigenvalue weighted by Crippen LogP contribution is -2.49. The van der Waals surface area contributed by atoms with Gasteiger partial charge in [0.25, 0.3) is 0 Å². The number of aromatic nitrogens is 2. The molecule has 2 atom stereocenters. The highest BCUT2D eigenvalue weighted by Gasteiger charge is 2.36. The van der Waals surface area contributed by atoms with Crippen molar-refractivity contribution in [3.63, 3.8) is 0 Å². The van der Waals surface area contributed by atoms with E-state index in [1.54, 1.807) is 0 Å². The lowest BCUT2D eigenvalue weighted by Gasteiger charge is -2.38. The first-order valence-electron chi connectivity index (χ1n) is 7.83. The number of ether oxygens (including phenoxy) is 2. The lowest BCUT2D eigenvalue weighted by molar-refractivity contribution is 0.0252. The summed E-state index contributed by atoms with van der Waals surface area (Å²) in [7, 11) is 1.88. The molecule has 0 radical (unpaired) electrons. The van der Waals surface area contributed by atoms with E-state index in [0.717, 1.165) is 37.0 Å². The Morgan fingerprint density at radius 3 is 3.14 bits per heavy atom. The Hall–Kier alpha value is -1.40. The second-order valence-corrected chi connectivity index (χ2v) is 5.52. The molecule has 0 spiro atoms. The van der Waals surface area contributed by atoms with Gasteiger partial charge in [0.1, 0.15) is 18.2 Å². The van der Waals surface area contributed by atoms with Crippen molar-refractivity contribution < 1.29 is 9.47 Å². The summed E-state index contributed by atoms with van der Waals surface area (Å²) in [6.45, 7) is 4.78. The monoisotopic (exact) mass is 292 g/mol. The molecule has 1 aliphatic heterocycles. The molecule has 0 aromatic carbocycles. The van der Waals surface area contributed by atoms with Gasteiger partial charge in [-0.1, -0.05) is 0 Å². The van der Waals surface area contributed by atoms with Crippen LogP contribution in [0.3, 0.4) is 0 Å². The fourth-order valence-corrected chi connectivity index (χ4v) is 3.23. The number of morpholine rings is 1. The van der Waals surface area contributed by atoms with Crippen LogP contribution in [0.1, 0.15) is 32.0 Å². The Balaban J connectivity index is 1.85. The van der Waals surface area contributed by atoms with Crippen LogP contribution in [-0.2, 0) is 16.1 Å². The molecule has 1 aliphatic carbocycles. The van der Waals surface area contributed by atoms with E-state index in [0.29, 0.717) is 25.4 Å². The van der Waals surface area contributed by atoms with Crippen molar-refractivity contribution in [1.29, 1.82) is 0 Å². The number of nitrogens with one attached hydrogen (secondary N) is 1. The predicted molar refractivity (Wildman–Crippen MR) is 81.6 cm³/mol. The third-order valence-corrected chi connectivity index (χ3v) is 4.23. The first-order valence-corrected chi connectivity index (χ1v) is 7.83. The third-order valence-electron chi connectivity index (χ3n) is 4.23. The van der Waals surface area contributed by atoms with Gasteiger partial charge >= 0.3 is 0 Å². The molecule has 3 rings (SSSR count). The Labute approximate surface area is 125 Å². The largest absolute Gasteiger partial charge is 0.374 e. The zero-order valence-corrected chi connectivity index (χ0v) is 12.8. The van der Waals surface area contributed by atoms with E-state index in [9.17, 15) is 0 Å². The van der Waals surface area contributed by atoms with Gasteiger partial charge in [0.15, 0.2) is 5.82 Å². The number of hydrogen-bond acceptors (Lipinski definition) is 6. The van der Waals surface area contributed by atoms with E-state index in [1.165, 1.54) is 12.8 Å². The zero-order valence-electron chi connectivity index (χ0n) is 12.8. The maximum absolute atomic E-state index is 5.88. The molecule has 21 heavy (non-hydrogen) atoms. The third kappa shape index (κ3) is 3.11. The van der Waals surface area contributed by atoms with Gasteiger partial charge in [0.05, 0.1) is 18.8 Å². The number of hydrogen-bond donors (Lipinski definition) is 1. The summed E-state index contributed by atoms with van der Waals surface area (Å²) in [5.41, 5.74) is 0. The number of fused-ring (bicyclic) bond motifs is 1. The minimum absolute atomic E-state index is 0.363. The van der Waals surface area contributed by atoms with Crippen LogP contribution in [0.4, 0.5) is 11.6 Å². The highest BCUT2D eigenvalue weighted by atomic mass is 16.5. The van der Waals surface area contributed by atoms with Crippen LogP contribution in [0.2, 0.25) is 0 Å². The predicted octanol–water partition coefficient (Wildman–Crippen LogP) is 1.81. The molecule has 6 heteroatoms. The molecule has 1 aromatic heterocycles. The van der Waals surface area contributed by atoms with Crippen LogP contribution in [0.5, 0.6) is 0 Å². The van der Waals surface area contributed by atoms with Gasteiger partial charge < -0.3 is 19.7 Å². The standard InChI is InChI=1S/C15H24N4O2/c1-3-20-10-14-17-13(16-2)9-15(18-14)19-7-8-21-12-6-4-5-11(12)19/h9,11-12H,3-8,10H2,1-2H3,(H,16,17,18).